The second-order valence-corrected chi connectivity index (χ2v) is 7.07. The van der Waals surface area contributed by atoms with Crippen molar-refractivity contribution in [1.29, 1.82) is 0 Å². The lowest BCUT2D eigenvalue weighted by Gasteiger charge is -2.38. The number of aromatic nitrogens is 2. The van der Waals surface area contributed by atoms with Gasteiger partial charge in [0.25, 0.3) is 0 Å². The monoisotopic (exact) mass is 424 g/mol. The first kappa shape index (κ1) is 18.5. The van der Waals surface area contributed by atoms with Crippen LogP contribution in [0.1, 0.15) is 26.2 Å². The van der Waals surface area contributed by atoms with E-state index in [0.29, 0.717) is 30.7 Å². The van der Waals surface area contributed by atoms with Crippen molar-refractivity contribution >= 4 is 50.3 Å². The van der Waals surface area contributed by atoms with Gasteiger partial charge in [-0.05, 0) is 28.8 Å². The van der Waals surface area contributed by atoms with Crippen molar-refractivity contribution in [2.24, 2.45) is 5.84 Å². The summed E-state index contributed by atoms with van der Waals surface area (Å²) in [5.74, 6) is 5.61. The maximum Gasteiger partial charge on any atom is 0.421 e. The first-order valence-corrected chi connectivity index (χ1v) is 9.18. The summed E-state index contributed by atoms with van der Waals surface area (Å²) in [6.07, 6.45) is 4.15. The number of nitrogens with one attached hydrogen (secondary N) is 2. The molecule has 5 N–H and O–H groups in total. The minimum atomic E-state index is -1.15. The molecule has 1 aliphatic rings. The minimum absolute atomic E-state index is 0.0904. The molecule has 1 saturated heterocycles. The molecule has 0 bridgehead atoms. The number of halogens is 1. The summed E-state index contributed by atoms with van der Waals surface area (Å²) in [5.41, 5.74) is 2.17. The van der Waals surface area contributed by atoms with Crippen molar-refractivity contribution in [2.45, 2.75) is 32.2 Å². The Morgan fingerprint density at radius 1 is 1.58 bits per heavy atom. The molecule has 0 unspecified atom stereocenters. The molecule has 9 nitrogen and oxygen atoms in total. The summed E-state index contributed by atoms with van der Waals surface area (Å²) in [7, 11) is 0. The number of nitrogens with two attached hydrogens (primary N) is 1. The quantitative estimate of drug-likeness (QED) is 0.339. The van der Waals surface area contributed by atoms with Crippen LogP contribution in [-0.2, 0) is 4.79 Å². The van der Waals surface area contributed by atoms with Crippen molar-refractivity contribution in [3.05, 3.63) is 16.9 Å². The topological polar surface area (TPSA) is 128 Å². The van der Waals surface area contributed by atoms with Gasteiger partial charge in [-0.2, -0.15) is 0 Å². The largest absolute Gasteiger partial charge is 0.464 e. The first-order valence-electron chi connectivity index (χ1n) is 8.39. The summed E-state index contributed by atoms with van der Waals surface area (Å²) in [6, 6.07) is -0.302. The summed E-state index contributed by atoms with van der Waals surface area (Å²) in [4.78, 5) is 32.6. The van der Waals surface area contributed by atoms with Crippen LogP contribution in [0.5, 0.6) is 0 Å². The van der Waals surface area contributed by atoms with E-state index in [1.54, 1.807) is 19.3 Å². The van der Waals surface area contributed by atoms with Crippen molar-refractivity contribution in [1.82, 2.24) is 15.0 Å². The highest BCUT2D eigenvalue weighted by Crippen LogP contribution is 2.39. The molecule has 2 aromatic rings. The highest BCUT2D eigenvalue weighted by Gasteiger charge is 2.29. The van der Waals surface area contributed by atoms with Crippen molar-refractivity contribution in [3.63, 3.8) is 0 Å². The smallest absolute Gasteiger partial charge is 0.421 e. The Kier molecular flexibility index (Phi) is 5.33. The molecule has 0 spiro atoms. The van der Waals surface area contributed by atoms with Gasteiger partial charge in [-0.3, -0.25) is 4.79 Å². The van der Waals surface area contributed by atoms with Crippen LogP contribution < -0.4 is 16.1 Å². The van der Waals surface area contributed by atoms with Crippen LogP contribution in [0.2, 0.25) is 0 Å². The number of carboxylic acid groups (broad SMARTS) is 1. The van der Waals surface area contributed by atoms with Crippen molar-refractivity contribution in [2.75, 3.05) is 23.3 Å². The molecule has 140 valence electrons. The number of pyridine rings is 1. The lowest BCUT2D eigenvalue weighted by molar-refractivity contribution is -0.115. The Morgan fingerprint density at radius 3 is 3.04 bits per heavy atom. The number of hydrogen-bond acceptors (Lipinski definition) is 5. The maximum absolute atomic E-state index is 11.9. The highest BCUT2D eigenvalue weighted by molar-refractivity contribution is 9.10. The zero-order valence-electron chi connectivity index (χ0n) is 14.3. The number of H-pyrrole nitrogens is 1. The normalized spacial score (nSPS) is 17.3. The lowest BCUT2D eigenvalue weighted by atomic mass is 10.0. The lowest BCUT2D eigenvalue weighted by Crippen LogP contribution is -2.53. The maximum atomic E-state index is 11.9. The Labute approximate surface area is 158 Å². The predicted octanol–water partition coefficient (Wildman–Crippen LogP) is 2.50. The number of piperidine rings is 1. The van der Waals surface area contributed by atoms with E-state index in [4.69, 9.17) is 10.9 Å². The second kappa shape index (κ2) is 7.50. The van der Waals surface area contributed by atoms with Crippen LogP contribution in [0.15, 0.2) is 16.9 Å². The second-order valence-electron chi connectivity index (χ2n) is 6.21. The van der Waals surface area contributed by atoms with Crippen LogP contribution >= 0.6 is 15.9 Å². The molecule has 1 aliphatic heterocycles. The third-order valence-electron chi connectivity index (χ3n) is 4.55. The number of nitrogens with zero attached hydrogens (tertiary/aromatic N) is 3. The molecule has 1 fully saturated rings. The summed E-state index contributed by atoms with van der Waals surface area (Å²) >= 11 is 3.55. The van der Waals surface area contributed by atoms with E-state index in [2.05, 4.69) is 36.1 Å². The Morgan fingerprint density at radius 2 is 2.35 bits per heavy atom. The molecular formula is C16H21BrN6O3. The van der Waals surface area contributed by atoms with Gasteiger partial charge in [0, 0.05) is 31.9 Å². The highest BCUT2D eigenvalue weighted by atomic mass is 79.9. The number of anilines is 2. The Hall–Kier alpha value is -2.33. The number of carbonyl (C=O) groups excluding carboxylic acids is 1. The molecule has 0 radical (unpaired) electrons. The first-order chi connectivity index (χ1) is 12.4. The zero-order chi connectivity index (χ0) is 18.8. The van der Waals surface area contributed by atoms with E-state index < -0.39 is 6.09 Å². The van der Waals surface area contributed by atoms with Gasteiger partial charge in [-0.15, -0.1) is 0 Å². The molecule has 2 aromatic heterocycles. The molecule has 26 heavy (non-hydrogen) atoms. The minimum Gasteiger partial charge on any atom is -0.464 e. The molecule has 2 amide bonds. The van der Waals surface area contributed by atoms with Gasteiger partial charge < -0.3 is 20.3 Å². The number of amides is 2. The van der Waals surface area contributed by atoms with Crippen LogP contribution in [0, 0.1) is 0 Å². The third kappa shape index (κ3) is 3.47. The van der Waals surface area contributed by atoms with E-state index in [-0.39, 0.29) is 11.9 Å². The fourth-order valence-electron chi connectivity index (χ4n) is 3.24. The summed E-state index contributed by atoms with van der Waals surface area (Å²) in [6.45, 7) is 3.01. The van der Waals surface area contributed by atoms with Crippen molar-refractivity contribution in [3.8, 4) is 0 Å². The van der Waals surface area contributed by atoms with Crippen LogP contribution in [0.4, 0.5) is 16.2 Å². The molecule has 0 aliphatic carbocycles. The number of aromatic amines is 1. The van der Waals surface area contributed by atoms with Gasteiger partial charge in [0.1, 0.15) is 5.65 Å². The number of hydrazine groups is 1. The number of rotatable bonds is 4. The predicted molar refractivity (Wildman–Crippen MR) is 102 cm³/mol. The van der Waals surface area contributed by atoms with Gasteiger partial charge in [0.15, 0.2) is 0 Å². The Balaban J connectivity index is 2.00. The molecule has 0 aromatic carbocycles. The average molecular weight is 425 g/mol. The fourth-order valence-corrected chi connectivity index (χ4v) is 3.79. The number of carbonyl (C=O) groups is 2. The molecule has 0 saturated carbocycles. The van der Waals surface area contributed by atoms with Gasteiger partial charge in [0.2, 0.25) is 5.91 Å². The zero-order valence-corrected chi connectivity index (χ0v) is 15.9. The van der Waals surface area contributed by atoms with Gasteiger partial charge in [-0.25, -0.2) is 20.6 Å². The number of fused-ring (bicyclic) bond motifs is 1. The third-order valence-corrected chi connectivity index (χ3v) is 5.13. The van der Waals surface area contributed by atoms with E-state index in [0.717, 1.165) is 33.5 Å². The molecule has 10 heteroatoms. The van der Waals surface area contributed by atoms with Crippen LogP contribution in [-0.4, -0.2) is 51.2 Å². The van der Waals surface area contributed by atoms with E-state index in [1.165, 1.54) is 0 Å². The number of hydrogen-bond donors (Lipinski definition) is 4. The summed E-state index contributed by atoms with van der Waals surface area (Å²) in [5, 5.41) is 13.7. The van der Waals surface area contributed by atoms with Crippen LogP contribution in [0.3, 0.4) is 0 Å². The molecule has 3 heterocycles. The standard InChI is InChI=1S/C16H21BrN6O3/c1-2-12(24)21-11-7-20-15-13(11)14(10(17)6-19-15)22-5-3-4-9(8-22)23(18)16(25)26/h6-7,9H,2-5,8,18H2,1H3,(H,19,20)(H,21,24)(H,25,26)/t9-/m1/s1. The summed E-state index contributed by atoms with van der Waals surface area (Å²) < 4.78 is 0.774. The van der Waals surface area contributed by atoms with Gasteiger partial charge in [-0.1, -0.05) is 6.92 Å². The SMILES string of the molecule is CCC(=O)Nc1c[nH]c2ncc(Br)c(N3CCC[C@@H](N(N)C(=O)O)C3)c12. The van der Waals surface area contributed by atoms with Crippen molar-refractivity contribution < 1.29 is 14.7 Å². The van der Waals surface area contributed by atoms with E-state index in [9.17, 15) is 9.59 Å². The van der Waals surface area contributed by atoms with Gasteiger partial charge in [0.05, 0.1) is 27.3 Å². The van der Waals surface area contributed by atoms with E-state index >= 15 is 0 Å². The van der Waals surface area contributed by atoms with Gasteiger partial charge >= 0.3 is 6.09 Å². The molecule has 3 rings (SSSR count). The van der Waals surface area contributed by atoms with E-state index in [1.807, 2.05) is 0 Å². The Bertz CT molecular complexity index is 839. The average Bonchev–Trinajstić information content (AvgIpc) is 3.03. The molecule has 1 atom stereocenters. The fraction of sp³-hybridized carbons (Fsp3) is 0.438. The van der Waals surface area contributed by atoms with Crippen LogP contribution in [0.25, 0.3) is 11.0 Å². The molecular weight excluding hydrogens is 404 g/mol.